The lowest BCUT2D eigenvalue weighted by Gasteiger charge is -1.98. The molecular formula is C9H6FNO. The summed E-state index contributed by atoms with van der Waals surface area (Å²) >= 11 is 0. The highest BCUT2D eigenvalue weighted by atomic mass is 19.3. The minimum Gasteiger partial charge on any atom is -0.273 e. The summed E-state index contributed by atoms with van der Waals surface area (Å²) in [5.41, 5.74) is 0. The number of benzene rings is 1. The molecule has 2 nitrogen and oxygen atoms in total. The molecule has 0 unspecified atom stereocenters. The number of fused-ring (bicyclic) bond motifs is 1. The SMILES string of the molecule is FOc1nccc2ccccc12. The van der Waals surface area contributed by atoms with E-state index in [0.717, 1.165) is 5.39 Å². The van der Waals surface area contributed by atoms with Crippen LogP contribution in [0.15, 0.2) is 36.5 Å². The van der Waals surface area contributed by atoms with Crippen LogP contribution in [0.5, 0.6) is 5.88 Å². The fourth-order valence-corrected chi connectivity index (χ4v) is 1.15. The molecule has 0 amide bonds. The molecule has 0 aliphatic carbocycles. The van der Waals surface area contributed by atoms with Gasteiger partial charge >= 0.3 is 0 Å². The van der Waals surface area contributed by atoms with E-state index < -0.39 is 0 Å². The predicted molar refractivity (Wildman–Crippen MR) is 43.5 cm³/mol. The third-order valence-electron chi connectivity index (χ3n) is 1.71. The lowest BCUT2D eigenvalue weighted by Crippen LogP contribution is -1.83. The first-order valence-corrected chi connectivity index (χ1v) is 3.54. The van der Waals surface area contributed by atoms with Crippen LogP contribution >= 0.6 is 0 Å². The molecule has 2 aromatic rings. The second-order valence-electron chi connectivity index (χ2n) is 2.41. The number of hydrogen-bond acceptors (Lipinski definition) is 2. The Balaban J connectivity index is 2.79. The molecule has 60 valence electrons. The lowest BCUT2D eigenvalue weighted by molar-refractivity contribution is -0.00972. The summed E-state index contributed by atoms with van der Waals surface area (Å²) in [6.07, 6.45) is 1.51. The minimum absolute atomic E-state index is 0.0214. The molecule has 0 saturated carbocycles. The van der Waals surface area contributed by atoms with Gasteiger partial charge in [0.1, 0.15) is 0 Å². The van der Waals surface area contributed by atoms with Crippen molar-refractivity contribution in [3.05, 3.63) is 36.5 Å². The van der Waals surface area contributed by atoms with Crippen molar-refractivity contribution in [1.29, 1.82) is 0 Å². The van der Waals surface area contributed by atoms with Gasteiger partial charge in [-0.3, -0.25) is 4.94 Å². The van der Waals surface area contributed by atoms with Crippen LogP contribution in [-0.4, -0.2) is 4.98 Å². The summed E-state index contributed by atoms with van der Waals surface area (Å²) in [7, 11) is 0. The highest BCUT2D eigenvalue weighted by Crippen LogP contribution is 2.22. The molecule has 1 aromatic carbocycles. The van der Waals surface area contributed by atoms with Crippen LogP contribution in [0.1, 0.15) is 0 Å². The molecule has 3 heteroatoms. The Hall–Kier alpha value is -1.64. The highest BCUT2D eigenvalue weighted by molar-refractivity contribution is 5.86. The summed E-state index contributed by atoms with van der Waals surface area (Å²) in [4.78, 5) is 7.34. The summed E-state index contributed by atoms with van der Waals surface area (Å²) in [5.74, 6) is 0.0214. The normalized spacial score (nSPS) is 10.1. The summed E-state index contributed by atoms with van der Waals surface area (Å²) in [6.45, 7) is 0. The van der Waals surface area contributed by atoms with Crippen LogP contribution in [-0.2, 0) is 0 Å². The molecule has 2 rings (SSSR count). The Morgan fingerprint density at radius 1 is 1.17 bits per heavy atom. The second-order valence-corrected chi connectivity index (χ2v) is 2.41. The van der Waals surface area contributed by atoms with Crippen molar-refractivity contribution in [1.82, 2.24) is 4.98 Å². The molecule has 0 spiro atoms. The maximum Gasteiger partial charge on any atom is 0.270 e. The number of pyridine rings is 1. The van der Waals surface area contributed by atoms with Crippen molar-refractivity contribution in [2.24, 2.45) is 0 Å². The van der Waals surface area contributed by atoms with Crippen molar-refractivity contribution in [3.8, 4) is 5.88 Å². The smallest absolute Gasteiger partial charge is 0.270 e. The molecule has 0 fully saturated rings. The van der Waals surface area contributed by atoms with Gasteiger partial charge in [0, 0.05) is 16.1 Å². The summed E-state index contributed by atoms with van der Waals surface area (Å²) < 4.78 is 11.9. The first-order valence-electron chi connectivity index (χ1n) is 3.54. The predicted octanol–water partition coefficient (Wildman–Crippen LogP) is 2.50. The fraction of sp³-hybridized carbons (Fsp3) is 0. The van der Waals surface area contributed by atoms with E-state index >= 15 is 0 Å². The van der Waals surface area contributed by atoms with E-state index in [4.69, 9.17) is 0 Å². The number of hydrogen-bond donors (Lipinski definition) is 0. The monoisotopic (exact) mass is 163 g/mol. The van der Waals surface area contributed by atoms with Gasteiger partial charge in [-0.1, -0.05) is 18.2 Å². The van der Waals surface area contributed by atoms with Crippen molar-refractivity contribution in [2.75, 3.05) is 0 Å². The average molecular weight is 163 g/mol. The third kappa shape index (κ3) is 0.993. The van der Waals surface area contributed by atoms with Crippen LogP contribution in [0, 0.1) is 0 Å². The number of halogens is 1. The molecule has 0 radical (unpaired) electrons. The van der Waals surface area contributed by atoms with E-state index in [1.54, 1.807) is 12.1 Å². The molecular weight excluding hydrogens is 157 g/mol. The van der Waals surface area contributed by atoms with Crippen molar-refractivity contribution >= 4 is 10.8 Å². The zero-order valence-electron chi connectivity index (χ0n) is 6.20. The molecule has 0 aliphatic rings. The number of rotatable bonds is 1. The van der Waals surface area contributed by atoms with Gasteiger partial charge < -0.3 is 0 Å². The molecule has 12 heavy (non-hydrogen) atoms. The van der Waals surface area contributed by atoms with E-state index in [1.807, 2.05) is 18.2 Å². The standard InChI is InChI=1S/C9H6FNO/c10-12-9-8-4-2-1-3-7(8)5-6-11-9/h1-6H. The maximum absolute atomic E-state index is 11.9. The van der Waals surface area contributed by atoms with Gasteiger partial charge in [0.2, 0.25) is 0 Å². The lowest BCUT2D eigenvalue weighted by atomic mass is 10.2. The molecule has 0 bridgehead atoms. The molecule has 1 heterocycles. The first kappa shape index (κ1) is 7.03. The topological polar surface area (TPSA) is 22.1 Å². The number of nitrogens with zero attached hydrogens (tertiary/aromatic N) is 1. The van der Waals surface area contributed by atoms with E-state index in [9.17, 15) is 4.53 Å². The van der Waals surface area contributed by atoms with Gasteiger partial charge in [0.15, 0.2) is 0 Å². The Bertz CT molecular complexity index is 397. The van der Waals surface area contributed by atoms with Crippen LogP contribution in [0.25, 0.3) is 10.8 Å². The third-order valence-corrected chi connectivity index (χ3v) is 1.71. The Kier molecular flexibility index (Phi) is 1.63. The van der Waals surface area contributed by atoms with Gasteiger partial charge in [0.25, 0.3) is 5.88 Å². The average Bonchev–Trinajstić information content (AvgIpc) is 2.17. The molecule has 0 aliphatic heterocycles. The van der Waals surface area contributed by atoms with Gasteiger partial charge in [-0.15, -0.1) is 0 Å². The van der Waals surface area contributed by atoms with Crippen molar-refractivity contribution in [3.63, 3.8) is 0 Å². The Labute approximate surface area is 68.5 Å². The second kappa shape index (κ2) is 2.77. The quantitative estimate of drug-likeness (QED) is 0.644. The van der Waals surface area contributed by atoms with E-state index in [-0.39, 0.29) is 5.88 Å². The molecule has 0 atom stereocenters. The van der Waals surface area contributed by atoms with Crippen LogP contribution in [0.4, 0.5) is 4.53 Å². The summed E-state index contributed by atoms with van der Waals surface area (Å²) in [5, 5.41) is 1.60. The largest absolute Gasteiger partial charge is 0.273 e. The van der Waals surface area contributed by atoms with E-state index in [2.05, 4.69) is 9.93 Å². The van der Waals surface area contributed by atoms with E-state index in [0.29, 0.717) is 5.39 Å². The van der Waals surface area contributed by atoms with Gasteiger partial charge in [-0.25, -0.2) is 4.98 Å². The molecule has 1 aromatic heterocycles. The van der Waals surface area contributed by atoms with E-state index in [1.165, 1.54) is 6.20 Å². The van der Waals surface area contributed by atoms with Gasteiger partial charge in [-0.2, -0.15) is 0 Å². The van der Waals surface area contributed by atoms with Crippen LogP contribution < -0.4 is 4.94 Å². The zero-order valence-corrected chi connectivity index (χ0v) is 6.20. The van der Waals surface area contributed by atoms with Crippen molar-refractivity contribution in [2.45, 2.75) is 0 Å². The fourth-order valence-electron chi connectivity index (χ4n) is 1.15. The summed E-state index contributed by atoms with van der Waals surface area (Å²) in [6, 6.07) is 9.13. The highest BCUT2D eigenvalue weighted by Gasteiger charge is 2.01. The Morgan fingerprint density at radius 3 is 2.83 bits per heavy atom. The van der Waals surface area contributed by atoms with Crippen LogP contribution in [0.3, 0.4) is 0 Å². The molecule has 0 N–H and O–H groups in total. The van der Waals surface area contributed by atoms with Gasteiger partial charge in [-0.05, 0) is 17.5 Å². The minimum atomic E-state index is 0.0214. The first-order chi connectivity index (χ1) is 5.92. The van der Waals surface area contributed by atoms with Crippen LogP contribution in [0.2, 0.25) is 0 Å². The molecule has 0 saturated heterocycles. The maximum atomic E-state index is 11.9. The number of aromatic nitrogens is 1. The Morgan fingerprint density at radius 2 is 2.00 bits per heavy atom. The van der Waals surface area contributed by atoms with Gasteiger partial charge in [0.05, 0.1) is 0 Å². The van der Waals surface area contributed by atoms with Crippen molar-refractivity contribution < 1.29 is 9.47 Å². The zero-order chi connectivity index (χ0) is 8.39.